The fraction of sp³-hybridized carbons (Fsp3) is 0.625. The zero-order chi connectivity index (χ0) is 8.81. The van der Waals surface area contributed by atoms with Gasteiger partial charge in [0.1, 0.15) is 0 Å². The Hall–Kier alpha value is -1.03. The summed E-state index contributed by atoms with van der Waals surface area (Å²) in [7, 11) is 0. The molecule has 1 rings (SSSR count). The first-order valence-corrected chi connectivity index (χ1v) is 4.15. The highest BCUT2D eigenvalue weighted by molar-refractivity contribution is 5.82. The van der Waals surface area contributed by atoms with Crippen LogP contribution in [0.15, 0.2) is 11.8 Å². The van der Waals surface area contributed by atoms with Gasteiger partial charge in [0.05, 0.1) is 6.61 Å². The summed E-state index contributed by atoms with van der Waals surface area (Å²) in [5.74, 6) is -0.274. The lowest BCUT2D eigenvalue weighted by molar-refractivity contribution is -0.137. The van der Waals surface area contributed by atoms with Crippen molar-refractivity contribution in [2.24, 2.45) is 0 Å². The summed E-state index contributed by atoms with van der Waals surface area (Å²) in [5, 5.41) is 6.25. The van der Waals surface area contributed by atoms with Crippen molar-refractivity contribution in [1.82, 2.24) is 10.6 Å². The van der Waals surface area contributed by atoms with E-state index in [4.69, 9.17) is 4.74 Å². The van der Waals surface area contributed by atoms with Crippen molar-refractivity contribution in [1.29, 1.82) is 0 Å². The molecule has 1 fully saturated rings. The minimum Gasteiger partial charge on any atom is -0.463 e. The van der Waals surface area contributed by atoms with Crippen molar-refractivity contribution in [2.45, 2.75) is 6.92 Å². The second kappa shape index (κ2) is 4.77. The topological polar surface area (TPSA) is 50.4 Å². The van der Waals surface area contributed by atoms with Gasteiger partial charge in [-0.15, -0.1) is 0 Å². The average molecular weight is 170 g/mol. The Morgan fingerprint density at radius 1 is 1.67 bits per heavy atom. The molecular formula is C8H14N2O2. The van der Waals surface area contributed by atoms with Crippen LogP contribution in [-0.4, -0.2) is 32.2 Å². The van der Waals surface area contributed by atoms with Gasteiger partial charge in [0, 0.05) is 31.4 Å². The van der Waals surface area contributed by atoms with Gasteiger partial charge in [-0.1, -0.05) is 0 Å². The van der Waals surface area contributed by atoms with E-state index in [1.54, 1.807) is 6.92 Å². The van der Waals surface area contributed by atoms with Crippen LogP contribution in [0.1, 0.15) is 6.92 Å². The number of carbonyl (C=O) groups is 1. The Kier molecular flexibility index (Phi) is 3.60. The third-order valence-electron chi connectivity index (χ3n) is 1.55. The normalized spacial score (nSPS) is 20.2. The van der Waals surface area contributed by atoms with Crippen molar-refractivity contribution in [2.75, 3.05) is 26.2 Å². The van der Waals surface area contributed by atoms with Gasteiger partial charge in [0.15, 0.2) is 0 Å². The number of carbonyl (C=O) groups excluding carboxylic acids is 1. The van der Waals surface area contributed by atoms with Crippen LogP contribution in [0.25, 0.3) is 0 Å². The minimum absolute atomic E-state index is 0.274. The molecule has 1 aliphatic rings. The fourth-order valence-electron chi connectivity index (χ4n) is 1.03. The maximum atomic E-state index is 10.9. The Bertz CT molecular complexity index is 181. The van der Waals surface area contributed by atoms with Crippen LogP contribution in [0.5, 0.6) is 0 Å². The minimum atomic E-state index is -0.274. The number of hydrogen-bond donors (Lipinski definition) is 2. The molecule has 12 heavy (non-hydrogen) atoms. The second-order valence-electron chi connectivity index (χ2n) is 2.53. The van der Waals surface area contributed by atoms with Gasteiger partial charge in [-0.25, -0.2) is 4.79 Å². The van der Waals surface area contributed by atoms with Crippen molar-refractivity contribution in [3.8, 4) is 0 Å². The molecule has 0 aromatic rings. The first-order chi connectivity index (χ1) is 5.83. The summed E-state index contributed by atoms with van der Waals surface area (Å²) in [6.45, 7) is 4.75. The number of hydrogen-bond acceptors (Lipinski definition) is 4. The Labute approximate surface area is 72.0 Å². The second-order valence-corrected chi connectivity index (χ2v) is 2.53. The summed E-state index contributed by atoms with van der Waals surface area (Å²) < 4.78 is 4.76. The molecule has 1 heterocycles. The predicted molar refractivity (Wildman–Crippen MR) is 45.6 cm³/mol. The lowest BCUT2D eigenvalue weighted by Gasteiger charge is -2.17. The molecule has 0 bridgehead atoms. The maximum absolute atomic E-state index is 10.9. The number of esters is 1. The summed E-state index contributed by atoms with van der Waals surface area (Å²) >= 11 is 0. The van der Waals surface area contributed by atoms with Crippen LogP contribution in [0.4, 0.5) is 0 Å². The molecule has 1 saturated heterocycles. The molecule has 2 N–H and O–H groups in total. The van der Waals surface area contributed by atoms with Gasteiger partial charge in [-0.2, -0.15) is 0 Å². The van der Waals surface area contributed by atoms with Crippen LogP contribution in [-0.2, 0) is 9.53 Å². The molecule has 0 atom stereocenters. The quantitative estimate of drug-likeness (QED) is 0.438. The van der Waals surface area contributed by atoms with E-state index < -0.39 is 0 Å². The van der Waals surface area contributed by atoms with E-state index in [0.29, 0.717) is 6.61 Å². The van der Waals surface area contributed by atoms with Crippen molar-refractivity contribution in [3.63, 3.8) is 0 Å². The SMILES string of the molecule is CCOC(=O)/C=C1/CNCCN1. The van der Waals surface area contributed by atoms with Gasteiger partial charge < -0.3 is 15.4 Å². The van der Waals surface area contributed by atoms with Crippen LogP contribution in [0.2, 0.25) is 0 Å². The van der Waals surface area contributed by atoms with Crippen molar-refractivity contribution < 1.29 is 9.53 Å². The molecule has 0 radical (unpaired) electrons. The van der Waals surface area contributed by atoms with E-state index in [2.05, 4.69) is 10.6 Å². The van der Waals surface area contributed by atoms with Gasteiger partial charge in [0.25, 0.3) is 0 Å². The van der Waals surface area contributed by atoms with Gasteiger partial charge in [-0.3, -0.25) is 0 Å². The molecule has 0 aromatic heterocycles. The molecule has 4 heteroatoms. The first-order valence-electron chi connectivity index (χ1n) is 4.15. The lowest BCUT2D eigenvalue weighted by Crippen LogP contribution is -2.38. The summed E-state index contributed by atoms with van der Waals surface area (Å²) in [6, 6.07) is 0. The zero-order valence-corrected chi connectivity index (χ0v) is 7.22. The monoisotopic (exact) mass is 170 g/mol. The molecule has 0 aromatic carbocycles. The highest BCUT2D eigenvalue weighted by Gasteiger charge is 2.05. The lowest BCUT2D eigenvalue weighted by atomic mass is 10.3. The summed E-state index contributed by atoms with van der Waals surface area (Å²) in [6.07, 6.45) is 1.50. The number of rotatable bonds is 2. The van der Waals surface area contributed by atoms with Gasteiger partial charge in [0.2, 0.25) is 0 Å². The van der Waals surface area contributed by atoms with Crippen molar-refractivity contribution in [3.05, 3.63) is 11.8 Å². The van der Waals surface area contributed by atoms with Crippen LogP contribution in [0, 0.1) is 0 Å². The van der Waals surface area contributed by atoms with E-state index in [1.165, 1.54) is 6.08 Å². The number of ether oxygens (including phenoxy) is 1. The molecule has 0 saturated carbocycles. The van der Waals surface area contributed by atoms with Crippen LogP contribution in [0.3, 0.4) is 0 Å². The van der Waals surface area contributed by atoms with E-state index in [-0.39, 0.29) is 5.97 Å². The third-order valence-corrected chi connectivity index (χ3v) is 1.55. The van der Waals surface area contributed by atoms with E-state index in [0.717, 1.165) is 25.3 Å². The number of piperazine rings is 1. The molecule has 0 spiro atoms. The largest absolute Gasteiger partial charge is 0.463 e. The Morgan fingerprint density at radius 3 is 3.08 bits per heavy atom. The average Bonchev–Trinajstić information content (AvgIpc) is 2.06. The van der Waals surface area contributed by atoms with Gasteiger partial charge in [-0.05, 0) is 6.92 Å². The molecule has 1 aliphatic heterocycles. The van der Waals surface area contributed by atoms with E-state index >= 15 is 0 Å². The molecule has 4 nitrogen and oxygen atoms in total. The zero-order valence-electron chi connectivity index (χ0n) is 7.22. The van der Waals surface area contributed by atoms with Crippen LogP contribution < -0.4 is 10.6 Å². The molecule has 0 aliphatic carbocycles. The Balaban J connectivity index is 2.37. The highest BCUT2D eigenvalue weighted by atomic mass is 16.5. The Morgan fingerprint density at radius 2 is 2.50 bits per heavy atom. The van der Waals surface area contributed by atoms with E-state index in [1.807, 2.05) is 0 Å². The number of nitrogens with one attached hydrogen (secondary N) is 2. The van der Waals surface area contributed by atoms with Crippen molar-refractivity contribution >= 4 is 5.97 Å². The standard InChI is InChI=1S/C8H14N2O2/c1-2-12-8(11)5-7-6-9-3-4-10-7/h5,9-10H,2-4,6H2,1H3/b7-5-. The first kappa shape index (κ1) is 9.06. The molecule has 0 amide bonds. The molecule has 68 valence electrons. The predicted octanol–water partition coefficient (Wildman–Crippen LogP) is -0.374. The summed E-state index contributed by atoms with van der Waals surface area (Å²) in [5.41, 5.74) is 0.903. The maximum Gasteiger partial charge on any atom is 0.332 e. The smallest absolute Gasteiger partial charge is 0.332 e. The highest BCUT2D eigenvalue weighted by Crippen LogP contribution is 1.92. The van der Waals surface area contributed by atoms with E-state index in [9.17, 15) is 4.79 Å². The third kappa shape index (κ3) is 2.92. The molecule has 0 unspecified atom stereocenters. The fourth-order valence-corrected chi connectivity index (χ4v) is 1.03. The molecular weight excluding hydrogens is 156 g/mol. The summed E-state index contributed by atoms with van der Waals surface area (Å²) in [4.78, 5) is 10.9. The van der Waals surface area contributed by atoms with Gasteiger partial charge >= 0.3 is 5.97 Å². The van der Waals surface area contributed by atoms with Crippen LogP contribution >= 0.6 is 0 Å².